The first kappa shape index (κ1) is 20.9. The Hall–Kier alpha value is -2.35. The maximum absolute atomic E-state index is 13.5. The quantitative estimate of drug-likeness (QED) is 0.779. The number of hydrogen-bond donors (Lipinski definition) is 2. The van der Waals surface area contributed by atoms with Crippen LogP contribution >= 0.6 is 0 Å². The van der Waals surface area contributed by atoms with Gasteiger partial charge in [0, 0.05) is 31.6 Å². The van der Waals surface area contributed by atoms with E-state index in [1.165, 1.54) is 12.1 Å². The van der Waals surface area contributed by atoms with Gasteiger partial charge in [-0.3, -0.25) is 0 Å². The van der Waals surface area contributed by atoms with Crippen LogP contribution in [0.2, 0.25) is 0 Å². The van der Waals surface area contributed by atoms with Crippen molar-refractivity contribution in [3.8, 4) is 17.2 Å². The second-order valence-corrected chi connectivity index (χ2v) is 8.12. The van der Waals surface area contributed by atoms with Crippen LogP contribution in [0.25, 0.3) is 0 Å². The summed E-state index contributed by atoms with van der Waals surface area (Å²) in [5.74, 6) is 1.41. The number of nitrogens with zero attached hydrogens (tertiary/aromatic N) is 1. The van der Waals surface area contributed by atoms with E-state index in [1.54, 1.807) is 32.4 Å². The first-order chi connectivity index (χ1) is 14.4. The first-order valence-electron chi connectivity index (χ1n) is 10.2. The van der Waals surface area contributed by atoms with E-state index >= 15 is 0 Å². The van der Waals surface area contributed by atoms with Crippen molar-refractivity contribution >= 4 is 0 Å². The van der Waals surface area contributed by atoms with Gasteiger partial charge in [0.15, 0.2) is 11.5 Å². The van der Waals surface area contributed by atoms with E-state index in [0.717, 1.165) is 31.5 Å². The molecule has 0 aliphatic carbocycles. The number of aliphatic hydroxyl groups excluding tert-OH is 2. The van der Waals surface area contributed by atoms with Crippen molar-refractivity contribution in [2.24, 2.45) is 0 Å². The van der Waals surface area contributed by atoms with E-state index in [0.29, 0.717) is 35.8 Å². The van der Waals surface area contributed by atoms with Crippen molar-refractivity contribution in [1.82, 2.24) is 4.90 Å². The lowest BCUT2D eigenvalue weighted by Gasteiger charge is -2.46. The Morgan fingerprint density at radius 1 is 1.13 bits per heavy atom. The third-order valence-electron chi connectivity index (χ3n) is 6.21. The zero-order valence-corrected chi connectivity index (χ0v) is 17.3. The van der Waals surface area contributed by atoms with Crippen molar-refractivity contribution in [3.63, 3.8) is 0 Å². The van der Waals surface area contributed by atoms with Crippen LogP contribution in [-0.2, 0) is 0 Å². The van der Waals surface area contributed by atoms with Crippen LogP contribution in [0.15, 0.2) is 36.4 Å². The average molecular weight is 417 g/mol. The fourth-order valence-corrected chi connectivity index (χ4v) is 4.47. The van der Waals surface area contributed by atoms with Crippen molar-refractivity contribution in [2.45, 2.75) is 37.1 Å². The average Bonchev–Trinajstić information content (AvgIpc) is 2.75. The molecule has 1 fully saturated rings. The number of β-amino-alcohol motifs (C(OH)–C–C–N with tert-alkyl or cyclic N) is 1. The van der Waals surface area contributed by atoms with Crippen LogP contribution in [0.5, 0.6) is 17.2 Å². The predicted octanol–water partition coefficient (Wildman–Crippen LogP) is 3.23. The highest BCUT2D eigenvalue weighted by Gasteiger charge is 2.43. The van der Waals surface area contributed by atoms with Gasteiger partial charge in [0.25, 0.3) is 0 Å². The Kier molecular flexibility index (Phi) is 5.86. The summed E-state index contributed by atoms with van der Waals surface area (Å²) in [5.41, 5.74) is 0.842. The van der Waals surface area contributed by atoms with Crippen LogP contribution in [-0.4, -0.2) is 54.6 Å². The molecule has 2 N–H and O–H groups in total. The van der Waals surface area contributed by atoms with Gasteiger partial charge in [-0.25, -0.2) is 4.39 Å². The van der Waals surface area contributed by atoms with Gasteiger partial charge in [-0.2, -0.15) is 0 Å². The molecule has 6 nitrogen and oxygen atoms in total. The van der Waals surface area contributed by atoms with Gasteiger partial charge in [0.1, 0.15) is 17.2 Å². The minimum absolute atomic E-state index is 0.369. The highest BCUT2D eigenvalue weighted by molar-refractivity contribution is 5.43. The second-order valence-electron chi connectivity index (χ2n) is 8.12. The SMILES string of the molecule is COc1ccc([C@@H](O)CN2CCC3(CC2)C[C@@H](O)c2cc(F)ccc2O3)cc1OC. The minimum atomic E-state index is -0.728. The molecule has 2 aromatic rings. The van der Waals surface area contributed by atoms with E-state index in [2.05, 4.69) is 4.90 Å². The molecular weight excluding hydrogens is 389 g/mol. The van der Waals surface area contributed by atoms with E-state index in [4.69, 9.17) is 14.2 Å². The normalized spacial score (nSPS) is 21.6. The van der Waals surface area contributed by atoms with Crippen molar-refractivity contribution in [2.75, 3.05) is 33.9 Å². The van der Waals surface area contributed by atoms with Gasteiger partial charge in [0.2, 0.25) is 0 Å². The lowest BCUT2D eigenvalue weighted by atomic mass is 9.81. The first-order valence-corrected chi connectivity index (χ1v) is 10.2. The molecule has 1 saturated heterocycles. The van der Waals surface area contributed by atoms with Crippen LogP contribution < -0.4 is 14.2 Å². The molecule has 30 heavy (non-hydrogen) atoms. The number of methoxy groups -OCH3 is 2. The zero-order chi connectivity index (χ0) is 21.3. The molecule has 0 bridgehead atoms. The third kappa shape index (κ3) is 4.10. The van der Waals surface area contributed by atoms with Crippen molar-refractivity contribution < 1.29 is 28.8 Å². The largest absolute Gasteiger partial charge is 0.493 e. The Morgan fingerprint density at radius 2 is 1.87 bits per heavy atom. The van der Waals surface area contributed by atoms with E-state index < -0.39 is 17.8 Å². The topological polar surface area (TPSA) is 71.4 Å². The Morgan fingerprint density at radius 3 is 2.57 bits per heavy atom. The summed E-state index contributed by atoms with van der Waals surface area (Å²) in [6.45, 7) is 1.98. The highest BCUT2D eigenvalue weighted by atomic mass is 19.1. The summed E-state index contributed by atoms with van der Waals surface area (Å²) in [4.78, 5) is 2.20. The summed E-state index contributed by atoms with van der Waals surface area (Å²) < 4.78 is 30.3. The number of likely N-dealkylation sites (tertiary alicyclic amines) is 1. The molecule has 2 aliphatic rings. The minimum Gasteiger partial charge on any atom is -0.493 e. The molecule has 2 aliphatic heterocycles. The molecule has 0 aromatic heterocycles. The van der Waals surface area contributed by atoms with Crippen LogP contribution in [0, 0.1) is 5.82 Å². The summed E-state index contributed by atoms with van der Waals surface area (Å²) >= 11 is 0. The van der Waals surface area contributed by atoms with Gasteiger partial charge in [-0.1, -0.05) is 6.07 Å². The van der Waals surface area contributed by atoms with Gasteiger partial charge in [0.05, 0.1) is 26.4 Å². The van der Waals surface area contributed by atoms with Crippen molar-refractivity contribution in [1.29, 1.82) is 0 Å². The number of hydrogen-bond acceptors (Lipinski definition) is 6. The molecule has 162 valence electrons. The van der Waals surface area contributed by atoms with E-state index in [9.17, 15) is 14.6 Å². The number of fused-ring (bicyclic) bond motifs is 1. The Labute approximate surface area is 175 Å². The fourth-order valence-electron chi connectivity index (χ4n) is 4.47. The monoisotopic (exact) mass is 417 g/mol. The summed E-state index contributed by atoms with van der Waals surface area (Å²) in [6.07, 6.45) is 0.544. The molecule has 0 unspecified atom stereocenters. The molecule has 2 heterocycles. The molecule has 2 aromatic carbocycles. The number of benzene rings is 2. The molecule has 0 amide bonds. The van der Waals surface area contributed by atoms with E-state index in [-0.39, 0.29) is 5.82 Å². The Bertz CT molecular complexity index is 897. The highest BCUT2D eigenvalue weighted by Crippen LogP contribution is 2.44. The lowest BCUT2D eigenvalue weighted by molar-refractivity contribution is -0.0589. The van der Waals surface area contributed by atoms with Gasteiger partial charge in [-0.05, 0) is 48.7 Å². The second kappa shape index (κ2) is 8.41. The zero-order valence-electron chi connectivity index (χ0n) is 17.3. The predicted molar refractivity (Wildman–Crippen MR) is 110 cm³/mol. The van der Waals surface area contributed by atoms with Crippen LogP contribution in [0.3, 0.4) is 0 Å². The number of aliphatic hydroxyl groups is 2. The van der Waals surface area contributed by atoms with Crippen molar-refractivity contribution in [3.05, 3.63) is 53.3 Å². The molecule has 0 radical (unpaired) electrons. The smallest absolute Gasteiger partial charge is 0.161 e. The number of rotatable bonds is 5. The van der Waals surface area contributed by atoms with Gasteiger partial charge in [-0.15, -0.1) is 0 Å². The van der Waals surface area contributed by atoms with Crippen LogP contribution in [0.1, 0.15) is 42.6 Å². The summed E-state index contributed by atoms with van der Waals surface area (Å²) in [6, 6.07) is 9.74. The summed E-state index contributed by atoms with van der Waals surface area (Å²) in [7, 11) is 3.15. The molecule has 7 heteroatoms. The van der Waals surface area contributed by atoms with Crippen LogP contribution in [0.4, 0.5) is 4.39 Å². The third-order valence-corrected chi connectivity index (χ3v) is 6.21. The molecule has 4 rings (SSSR count). The molecular formula is C23H28FNO5. The maximum Gasteiger partial charge on any atom is 0.161 e. The van der Waals surface area contributed by atoms with E-state index in [1.807, 2.05) is 6.07 Å². The van der Waals surface area contributed by atoms with Gasteiger partial charge < -0.3 is 29.3 Å². The lowest BCUT2D eigenvalue weighted by Crippen LogP contribution is -2.51. The van der Waals surface area contributed by atoms with Gasteiger partial charge >= 0.3 is 0 Å². The Balaban J connectivity index is 1.39. The molecule has 2 atom stereocenters. The number of halogens is 1. The molecule has 1 spiro atoms. The summed E-state index contributed by atoms with van der Waals surface area (Å²) in [5, 5.41) is 21.2. The maximum atomic E-state index is 13.5. The number of ether oxygens (including phenoxy) is 3. The number of piperidine rings is 1. The fraction of sp³-hybridized carbons (Fsp3) is 0.478. The standard InChI is InChI=1S/C23H28FNO5/c1-28-21-5-3-15(11-22(21)29-2)19(27)14-25-9-7-23(8-10-25)13-18(26)17-12-16(24)4-6-20(17)30-23/h3-6,11-12,18-19,26-27H,7-10,13-14H2,1-2H3/t18-,19+/m1/s1. The molecule has 0 saturated carbocycles.